The SMILES string of the molecule is O[C@@H](c1cccc(Cl)c1Cl)C(F)(F)F. The van der Waals surface area contributed by atoms with E-state index in [-0.39, 0.29) is 10.0 Å². The Kier molecular flexibility index (Phi) is 3.29. The molecule has 1 N–H and O–H groups in total. The van der Waals surface area contributed by atoms with Gasteiger partial charge in [-0.05, 0) is 6.07 Å². The second-order valence-corrected chi connectivity index (χ2v) is 3.37. The third kappa shape index (κ3) is 2.32. The fraction of sp³-hybridized carbons (Fsp3) is 0.250. The van der Waals surface area contributed by atoms with E-state index in [1.807, 2.05) is 0 Å². The molecule has 0 fully saturated rings. The van der Waals surface area contributed by atoms with Crippen molar-refractivity contribution < 1.29 is 18.3 Å². The summed E-state index contributed by atoms with van der Waals surface area (Å²) in [7, 11) is 0. The molecular weight excluding hydrogens is 240 g/mol. The van der Waals surface area contributed by atoms with E-state index in [1.165, 1.54) is 12.1 Å². The van der Waals surface area contributed by atoms with Gasteiger partial charge in [-0.2, -0.15) is 13.2 Å². The molecule has 0 radical (unpaired) electrons. The second-order valence-electron chi connectivity index (χ2n) is 2.59. The summed E-state index contributed by atoms with van der Waals surface area (Å²) < 4.78 is 36.3. The molecule has 0 aromatic heterocycles. The minimum atomic E-state index is -4.74. The minimum absolute atomic E-state index is 0.0209. The van der Waals surface area contributed by atoms with Crippen molar-refractivity contribution in [3.8, 4) is 0 Å². The van der Waals surface area contributed by atoms with Crippen LogP contribution in [0.3, 0.4) is 0 Å². The van der Waals surface area contributed by atoms with E-state index in [0.717, 1.165) is 6.07 Å². The smallest absolute Gasteiger partial charge is 0.379 e. The Hall–Kier alpha value is -0.450. The lowest BCUT2D eigenvalue weighted by Gasteiger charge is -2.16. The van der Waals surface area contributed by atoms with Crippen LogP contribution in [0.15, 0.2) is 18.2 Å². The fourth-order valence-corrected chi connectivity index (χ4v) is 1.32. The first-order chi connectivity index (χ1) is 6.34. The molecule has 0 aliphatic heterocycles. The maximum Gasteiger partial charge on any atom is 0.418 e. The normalized spacial score (nSPS) is 14.1. The van der Waals surface area contributed by atoms with Crippen LogP contribution in [0.1, 0.15) is 11.7 Å². The molecule has 1 aromatic rings. The van der Waals surface area contributed by atoms with Crippen molar-refractivity contribution in [1.82, 2.24) is 0 Å². The molecule has 0 bridgehead atoms. The van der Waals surface area contributed by atoms with Gasteiger partial charge in [0.25, 0.3) is 0 Å². The van der Waals surface area contributed by atoms with Gasteiger partial charge < -0.3 is 5.11 Å². The molecule has 0 aliphatic carbocycles. The van der Waals surface area contributed by atoms with Gasteiger partial charge in [-0.15, -0.1) is 0 Å². The highest BCUT2D eigenvalue weighted by Crippen LogP contribution is 2.38. The first kappa shape index (κ1) is 11.6. The summed E-state index contributed by atoms with van der Waals surface area (Å²) in [6.07, 6.45) is -7.34. The van der Waals surface area contributed by atoms with Crippen LogP contribution in [-0.2, 0) is 0 Å². The van der Waals surface area contributed by atoms with Gasteiger partial charge in [0.2, 0.25) is 0 Å². The molecule has 1 aromatic carbocycles. The average Bonchev–Trinajstić information content (AvgIpc) is 2.07. The largest absolute Gasteiger partial charge is 0.418 e. The van der Waals surface area contributed by atoms with Crippen LogP contribution in [0.25, 0.3) is 0 Å². The lowest BCUT2D eigenvalue weighted by atomic mass is 10.1. The Labute approximate surface area is 88.1 Å². The molecule has 0 saturated heterocycles. The van der Waals surface area contributed by atoms with Crippen LogP contribution < -0.4 is 0 Å². The molecule has 0 aliphatic rings. The van der Waals surface area contributed by atoms with Gasteiger partial charge in [0.15, 0.2) is 6.10 Å². The molecule has 1 nitrogen and oxygen atoms in total. The Bertz CT molecular complexity index is 338. The monoisotopic (exact) mass is 244 g/mol. The van der Waals surface area contributed by atoms with Gasteiger partial charge in [0.05, 0.1) is 10.0 Å². The number of halogens is 5. The summed E-state index contributed by atoms with van der Waals surface area (Å²) in [6, 6.07) is 3.71. The zero-order chi connectivity index (χ0) is 10.9. The average molecular weight is 245 g/mol. The van der Waals surface area contributed by atoms with Gasteiger partial charge in [-0.25, -0.2) is 0 Å². The summed E-state index contributed by atoms with van der Waals surface area (Å²) in [6.45, 7) is 0. The molecule has 1 atom stereocenters. The van der Waals surface area contributed by atoms with Crippen LogP contribution in [0.2, 0.25) is 10.0 Å². The van der Waals surface area contributed by atoms with E-state index in [2.05, 4.69) is 0 Å². The first-order valence-electron chi connectivity index (χ1n) is 3.52. The fourth-order valence-electron chi connectivity index (χ4n) is 0.908. The highest BCUT2D eigenvalue weighted by Gasteiger charge is 2.40. The zero-order valence-corrected chi connectivity index (χ0v) is 8.16. The van der Waals surface area contributed by atoms with E-state index in [0.29, 0.717) is 0 Å². The second kappa shape index (κ2) is 3.96. The maximum atomic E-state index is 12.1. The molecule has 78 valence electrons. The predicted octanol–water partition coefficient (Wildman–Crippen LogP) is 3.59. The van der Waals surface area contributed by atoms with Crippen molar-refractivity contribution in [3.05, 3.63) is 33.8 Å². The van der Waals surface area contributed by atoms with Gasteiger partial charge in [-0.1, -0.05) is 35.3 Å². The number of hydrogen-bond acceptors (Lipinski definition) is 1. The quantitative estimate of drug-likeness (QED) is 0.801. The molecule has 0 amide bonds. The Morgan fingerprint density at radius 2 is 1.79 bits per heavy atom. The van der Waals surface area contributed by atoms with Gasteiger partial charge >= 0.3 is 6.18 Å². The van der Waals surface area contributed by atoms with E-state index < -0.39 is 17.8 Å². The molecule has 6 heteroatoms. The summed E-state index contributed by atoms with van der Waals surface area (Å²) in [4.78, 5) is 0. The van der Waals surface area contributed by atoms with E-state index in [9.17, 15) is 13.2 Å². The van der Waals surface area contributed by atoms with Crippen molar-refractivity contribution >= 4 is 23.2 Å². The van der Waals surface area contributed by atoms with E-state index in [4.69, 9.17) is 28.3 Å². The number of benzene rings is 1. The zero-order valence-electron chi connectivity index (χ0n) is 6.65. The lowest BCUT2D eigenvalue weighted by Crippen LogP contribution is -2.20. The van der Waals surface area contributed by atoms with Gasteiger partial charge in [0.1, 0.15) is 0 Å². The predicted molar refractivity (Wildman–Crippen MR) is 47.5 cm³/mol. The van der Waals surface area contributed by atoms with Crippen LogP contribution >= 0.6 is 23.2 Å². The van der Waals surface area contributed by atoms with E-state index >= 15 is 0 Å². The van der Waals surface area contributed by atoms with Crippen molar-refractivity contribution in [3.63, 3.8) is 0 Å². The third-order valence-electron chi connectivity index (χ3n) is 1.59. The number of aliphatic hydroxyl groups excluding tert-OH is 1. The number of rotatable bonds is 1. The van der Waals surface area contributed by atoms with Crippen LogP contribution in [0.4, 0.5) is 13.2 Å². The molecule has 0 unspecified atom stereocenters. The topological polar surface area (TPSA) is 20.2 Å². The maximum absolute atomic E-state index is 12.1. The standard InChI is InChI=1S/C8H5Cl2F3O/c9-5-3-1-2-4(6(5)10)7(14)8(11,12)13/h1-3,7,14H/t7-/m0/s1. The molecule has 0 heterocycles. The van der Waals surface area contributed by atoms with Crippen LogP contribution in [0, 0.1) is 0 Å². The molecule has 1 rings (SSSR count). The lowest BCUT2D eigenvalue weighted by molar-refractivity contribution is -0.206. The summed E-state index contributed by atoms with van der Waals surface area (Å²) in [5, 5.41) is 8.59. The Balaban J connectivity index is 3.14. The van der Waals surface area contributed by atoms with E-state index in [1.54, 1.807) is 0 Å². The van der Waals surface area contributed by atoms with Crippen LogP contribution in [-0.4, -0.2) is 11.3 Å². The molecule has 0 saturated carbocycles. The van der Waals surface area contributed by atoms with Crippen molar-refractivity contribution in [2.75, 3.05) is 0 Å². The summed E-state index contributed by atoms with van der Waals surface area (Å²) in [5.74, 6) is 0. The summed E-state index contributed by atoms with van der Waals surface area (Å²) in [5.41, 5.74) is -0.438. The highest BCUT2D eigenvalue weighted by molar-refractivity contribution is 6.42. The van der Waals surface area contributed by atoms with Gasteiger partial charge in [0, 0.05) is 5.56 Å². The highest BCUT2D eigenvalue weighted by atomic mass is 35.5. The Morgan fingerprint density at radius 3 is 2.29 bits per heavy atom. The van der Waals surface area contributed by atoms with Crippen LogP contribution in [0.5, 0.6) is 0 Å². The van der Waals surface area contributed by atoms with Crippen molar-refractivity contribution in [2.45, 2.75) is 12.3 Å². The van der Waals surface area contributed by atoms with Gasteiger partial charge in [-0.3, -0.25) is 0 Å². The number of alkyl halides is 3. The third-order valence-corrected chi connectivity index (χ3v) is 2.42. The summed E-state index contributed by atoms with van der Waals surface area (Å²) >= 11 is 11.0. The number of hydrogen-bond donors (Lipinski definition) is 1. The Morgan fingerprint density at radius 1 is 1.21 bits per heavy atom. The minimum Gasteiger partial charge on any atom is -0.379 e. The first-order valence-corrected chi connectivity index (χ1v) is 4.28. The number of aliphatic hydroxyl groups is 1. The molecule has 0 spiro atoms. The molecular formula is C8H5Cl2F3O. The molecule has 14 heavy (non-hydrogen) atoms. The van der Waals surface area contributed by atoms with Crippen molar-refractivity contribution in [2.24, 2.45) is 0 Å². The van der Waals surface area contributed by atoms with Crippen molar-refractivity contribution in [1.29, 1.82) is 0 Å².